The van der Waals surface area contributed by atoms with Gasteiger partial charge in [0.25, 0.3) is 0 Å². The molecule has 0 fully saturated rings. The number of benzene rings is 1. The van der Waals surface area contributed by atoms with E-state index >= 15 is 0 Å². The molecule has 0 aliphatic rings. The number of aromatic nitrogens is 2. The van der Waals surface area contributed by atoms with Crippen molar-refractivity contribution in [2.24, 2.45) is 0 Å². The Balaban J connectivity index is 1.79. The number of thioether (sulfide) groups is 1. The number of nitrogens with zero attached hydrogens (tertiary/aromatic N) is 2. The molecule has 112 valence electrons. The van der Waals surface area contributed by atoms with Crippen molar-refractivity contribution in [1.29, 1.82) is 0 Å². The zero-order valence-electron chi connectivity index (χ0n) is 12.4. The van der Waals surface area contributed by atoms with Gasteiger partial charge in [0.05, 0.1) is 5.25 Å². The first kappa shape index (κ1) is 15.2. The van der Waals surface area contributed by atoms with E-state index in [1.54, 1.807) is 17.7 Å². The third-order valence-corrected chi connectivity index (χ3v) is 5.47. The fraction of sp³-hybridized carbons (Fsp3) is 0.235. The number of Topliss-reactive ketones (excluding diaryl/α,β-unsaturated/α-hetero) is 1. The smallest absolute Gasteiger partial charge is 0.175 e. The highest BCUT2D eigenvalue weighted by atomic mass is 32.2. The average Bonchev–Trinajstić information content (AvgIpc) is 3.04. The van der Waals surface area contributed by atoms with Crippen molar-refractivity contribution in [3.05, 3.63) is 53.2 Å². The number of ketones is 1. The molecule has 1 atom stereocenters. The lowest BCUT2D eigenvalue weighted by Gasteiger charge is -2.10. The van der Waals surface area contributed by atoms with E-state index in [1.165, 1.54) is 17.3 Å². The molecule has 5 heteroatoms. The number of thiophene rings is 1. The lowest BCUT2D eigenvalue weighted by Crippen LogP contribution is -2.13. The van der Waals surface area contributed by atoms with Crippen LogP contribution in [0.5, 0.6) is 0 Å². The van der Waals surface area contributed by atoms with Crippen LogP contribution in [0.25, 0.3) is 10.2 Å². The van der Waals surface area contributed by atoms with Gasteiger partial charge in [0, 0.05) is 10.9 Å². The number of rotatable bonds is 5. The minimum Gasteiger partial charge on any atom is -0.293 e. The van der Waals surface area contributed by atoms with Crippen molar-refractivity contribution < 1.29 is 4.79 Å². The first-order chi connectivity index (χ1) is 10.7. The van der Waals surface area contributed by atoms with Crippen molar-refractivity contribution >= 4 is 39.1 Å². The lowest BCUT2D eigenvalue weighted by atomic mass is 10.1. The van der Waals surface area contributed by atoms with Crippen LogP contribution in [0.15, 0.2) is 47.1 Å². The van der Waals surface area contributed by atoms with Gasteiger partial charge in [-0.15, -0.1) is 11.3 Å². The summed E-state index contributed by atoms with van der Waals surface area (Å²) < 4.78 is 0. The molecule has 0 aliphatic carbocycles. The fourth-order valence-corrected chi connectivity index (χ4v) is 4.00. The van der Waals surface area contributed by atoms with Gasteiger partial charge in [-0.3, -0.25) is 4.79 Å². The highest BCUT2D eigenvalue weighted by Crippen LogP contribution is 2.31. The zero-order chi connectivity index (χ0) is 15.5. The summed E-state index contributed by atoms with van der Waals surface area (Å²) in [6, 6.07) is 9.88. The number of carbonyl (C=O) groups is 1. The maximum absolute atomic E-state index is 12.6. The summed E-state index contributed by atoms with van der Waals surface area (Å²) in [5.74, 6) is 0.134. The summed E-state index contributed by atoms with van der Waals surface area (Å²) in [6.45, 7) is 4.04. The first-order valence-corrected chi connectivity index (χ1v) is 8.93. The molecule has 0 radical (unpaired) electrons. The molecule has 0 spiro atoms. The minimum absolute atomic E-state index is 0.134. The van der Waals surface area contributed by atoms with Crippen molar-refractivity contribution in [3.8, 4) is 0 Å². The van der Waals surface area contributed by atoms with Gasteiger partial charge in [-0.1, -0.05) is 43.0 Å². The maximum atomic E-state index is 12.6. The molecule has 2 heterocycles. The Kier molecular flexibility index (Phi) is 4.55. The molecule has 0 bridgehead atoms. The van der Waals surface area contributed by atoms with Gasteiger partial charge in [0.1, 0.15) is 16.2 Å². The number of aryl methyl sites for hydroxylation is 1. The SMILES string of the molecule is CCc1ccc(C(=O)[C@@H](C)Sc2ncnc3sccc23)cc1. The van der Waals surface area contributed by atoms with Crippen LogP contribution in [0.3, 0.4) is 0 Å². The lowest BCUT2D eigenvalue weighted by molar-refractivity contribution is 0.0994. The van der Waals surface area contributed by atoms with E-state index in [9.17, 15) is 4.79 Å². The molecular formula is C17H16N2OS2. The molecule has 3 nitrogen and oxygen atoms in total. The standard InChI is InChI=1S/C17H16N2OS2/c1-3-12-4-6-13(7-5-12)15(20)11(2)22-17-14-8-9-21-16(14)18-10-19-17/h4-11H,3H2,1-2H3/t11-/m1/s1. The second kappa shape index (κ2) is 6.58. The van der Waals surface area contributed by atoms with E-state index in [1.807, 2.05) is 42.6 Å². The molecule has 0 saturated carbocycles. The molecule has 1 aromatic carbocycles. The Morgan fingerprint density at radius 2 is 2.00 bits per heavy atom. The monoisotopic (exact) mass is 328 g/mol. The second-order valence-electron chi connectivity index (χ2n) is 4.99. The summed E-state index contributed by atoms with van der Waals surface area (Å²) in [5.41, 5.74) is 2.00. The third kappa shape index (κ3) is 3.05. The van der Waals surface area contributed by atoms with E-state index in [4.69, 9.17) is 0 Å². The van der Waals surface area contributed by atoms with Crippen LogP contribution in [0.4, 0.5) is 0 Å². The van der Waals surface area contributed by atoms with Gasteiger partial charge >= 0.3 is 0 Å². The van der Waals surface area contributed by atoms with Crippen LogP contribution < -0.4 is 0 Å². The summed E-state index contributed by atoms with van der Waals surface area (Å²) in [4.78, 5) is 22.1. The highest BCUT2D eigenvalue weighted by Gasteiger charge is 2.18. The summed E-state index contributed by atoms with van der Waals surface area (Å²) in [5, 5.41) is 3.72. The molecule has 3 rings (SSSR count). The molecule has 3 aromatic rings. The maximum Gasteiger partial charge on any atom is 0.175 e. The van der Waals surface area contributed by atoms with E-state index in [0.717, 1.165) is 27.2 Å². The highest BCUT2D eigenvalue weighted by molar-refractivity contribution is 8.00. The van der Waals surface area contributed by atoms with E-state index in [0.29, 0.717) is 0 Å². The van der Waals surface area contributed by atoms with E-state index < -0.39 is 0 Å². The number of carbonyl (C=O) groups excluding carboxylic acids is 1. The third-order valence-electron chi connectivity index (χ3n) is 3.53. The molecule has 22 heavy (non-hydrogen) atoms. The van der Waals surface area contributed by atoms with Crippen LogP contribution >= 0.6 is 23.1 Å². The summed E-state index contributed by atoms with van der Waals surface area (Å²) in [6.07, 6.45) is 2.55. The summed E-state index contributed by atoms with van der Waals surface area (Å²) >= 11 is 3.08. The average molecular weight is 328 g/mol. The molecule has 0 amide bonds. The van der Waals surface area contributed by atoms with Crippen LogP contribution in [0.1, 0.15) is 29.8 Å². The van der Waals surface area contributed by atoms with Gasteiger partial charge in [-0.25, -0.2) is 9.97 Å². The van der Waals surface area contributed by atoms with Crippen LogP contribution in [-0.2, 0) is 6.42 Å². The Morgan fingerprint density at radius 1 is 1.23 bits per heavy atom. The molecule has 0 unspecified atom stereocenters. The normalized spacial score (nSPS) is 12.5. The first-order valence-electron chi connectivity index (χ1n) is 7.17. The fourth-order valence-electron chi connectivity index (χ4n) is 2.22. The van der Waals surface area contributed by atoms with Gasteiger partial charge in [-0.2, -0.15) is 0 Å². The number of hydrogen-bond acceptors (Lipinski definition) is 5. The summed E-state index contributed by atoms with van der Waals surface area (Å²) in [7, 11) is 0. The predicted octanol–water partition coefficient (Wildman–Crippen LogP) is 4.62. The number of fused-ring (bicyclic) bond motifs is 1. The zero-order valence-corrected chi connectivity index (χ0v) is 14.1. The largest absolute Gasteiger partial charge is 0.293 e. The molecular weight excluding hydrogens is 312 g/mol. The van der Waals surface area contributed by atoms with Gasteiger partial charge in [-0.05, 0) is 30.4 Å². The van der Waals surface area contributed by atoms with Crippen molar-refractivity contribution in [2.45, 2.75) is 30.5 Å². The molecule has 0 N–H and O–H groups in total. The quantitative estimate of drug-likeness (QED) is 0.389. The number of hydrogen-bond donors (Lipinski definition) is 0. The molecule has 2 aromatic heterocycles. The Morgan fingerprint density at radius 3 is 2.73 bits per heavy atom. The second-order valence-corrected chi connectivity index (χ2v) is 7.22. The Bertz CT molecular complexity index is 796. The van der Waals surface area contributed by atoms with Crippen molar-refractivity contribution in [3.63, 3.8) is 0 Å². The topological polar surface area (TPSA) is 42.9 Å². The molecule has 0 aliphatic heterocycles. The van der Waals surface area contributed by atoms with Crippen molar-refractivity contribution in [2.75, 3.05) is 0 Å². The van der Waals surface area contributed by atoms with E-state index in [2.05, 4.69) is 16.9 Å². The Hall–Kier alpha value is -1.72. The minimum atomic E-state index is -0.175. The molecule has 0 saturated heterocycles. The van der Waals surface area contributed by atoms with Crippen molar-refractivity contribution in [1.82, 2.24) is 9.97 Å². The van der Waals surface area contributed by atoms with Crippen LogP contribution in [0.2, 0.25) is 0 Å². The van der Waals surface area contributed by atoms with E-state index in [-0.39, 0.29) is 11.0 Å². The van der Waals surface area contributed by atoms with Crippen LogP contribution in [0, 0.1) is 0 Å². The van der Waals surface area contributed by atoms with Gasteiger partial charge in [0.2, 0.25) is 0 Å². The van der Waals surface area contributed by atoms with Gasteiger partial charge in [0.15, 0.2) is 5.78 Å². The Labute approximate surface area is 137 Å². The predicted molar refractivity (Wildman–Crippen MR) is 92.9 cm³/mol. The van der Waals surface area contributed by atoms with Crippen LogP contribution in [-0.4, -0.2) is 21.0 Å². The van der Waals surface area contributed by atoms with Gasteiger partial charge < -0.3 is 0 Å².